The van der Waals surface area contributed by atoms with Crippen molar-refractivity contribution in [1.82, 2.24) is 0 Å². The summed E-state index contributed by atoms with van der Waals surface area (Å²) in [6.07, 6.45) is 0. The topological polar surface area (TPSA) is 120 Å². The molecule has 0 aliphatic carbocycles. The van der Waals surface area contributed by atoms with E-state index in [0.717, 1.165) is 0 Å². The molecular weight excluding hydrogens is 483 g/mol. The van der Waals surface area contributed by atoms with Gasteiger partial charge < -0.3 is 29.7 Å². The molecule has 0 bridgehead atoms. The predicted molar refractivity (Wildman–Crippen MR) is 52.9 cm³/mol. The number of carbonyl (C=O) groups is 3. The van der Waals surface area contributed by atoms with Gasteiger partial charge >= 0.3 is 26.2 Å². The molecule has 0 N–H and O–H groups in total. The van der Waals surface area contributed by atoms with E-state index in [1.165, 1.54) is 0 Å². The van der Waals surface area contributed by atoms with Crippen molar-refractivity contribution >= 4 is 78.9 Å². The monoisotopic (exact) mass is 488 g/mol. The van der Waals surface area contributed by atoms with Gasteiger partial charge in [-0.3, -0.25) is 0 Å². The smallest absolute Gasteiger partial charge is 0.549 e. The van der Waals surface area contributed by atoms with Crippen LogP contribution in [-0.2, 0) is 14.4 Å². The number of aliphatic carboxylic acids is 3. The Labute approximate surface area is 126 Å². The van der Waals surface area contributed by atoms with Crippen molar-refractivity contribution in [3.05, 3.63) is 0 Å². The van der Waals surface area contributed by atoms with Gasteiger partial charge in [0.1, 0.15) is 0 Å². The van der Waals surface area contributed by atoms with Crippen LogP contribution in [-0.4, -0.2) is 61.8 Å². The average Bonchev–Trinajstić information content (AvgIpc) is 2.19. The third-order valence-electron chi connectivity index (χ3n) is 0.327. The van der Waals surface area contributed by atoms with Crippen LogP contribution in [0.1, 0.15) is 0 Å². The molecule has 0 rings (SSSR count). The first-order valence-corrected chi connectivity index (χ1v) is 4.69. The van der Waals surface area contributed by atoms with Gasteiger partial charge in [-0.1, -0.05) is 0 Å². The maximum absolute atomic E-state index is 9.12. The minimum atomic E-state index is -1.23. The van der Waals surface area contributed by atoms with Crippen LogP contribution in [0.25, 0.3) is 0 Å². The predicted octanol–water partition coefficient (Wildman–Crippen LogP) is -3.46. The Morgan fingerprint density at radius 3 is 0.750 bits per heavy atom. The molecule has 0 aromatic heterocycles. The number of carbonyl (C=O) groups excluding carboxylic acids is 3. The van der Waals surface area contributed by atoms with Gasteiger partial charge in [-0.2, -0.15) is 0 Å². The fourth-order valence-electron chi connectivity index (χ4n) is 0. The van der Waals surface area contributed by atoms with E-state index in [4.69, 9.17) is 29.7 Å². The zero-order valence-corrected chi connectivity index (χ0v) is 13.4. The van der Waals surface area contributed by atoms with Gasteiger partial charge in [0.15, 0.2) is 0 Å². The molecule has 0 aliphatic heterocycles. The third-order valence-corrected chi connectivity index (χ3v) is 0.982. The summed E-state index contributed by atoms with van der Waals surface area (Å²) in [5.74, 6) is -4.94. The van der Waals surface area contributed by atoms with Crippen molar-refractivity contribution in [2.24, 2.45) is 0 Å². The molecule has 6 nitrogen and oxygen atoms in total. The van der Waals surface area contributed by atoms with Crippen molar-refractivity contribution < 1.29 is 29.7 Å². The van der Waals surface area contributed by atoms with Crippen LogP contribution in [0.3, 0.4) is 0 Å². The number of halogens is 3. The minimum absolute atomic E-state index is 0. The van der Waals surface area contributed by atoms with Crippen molar-refractivity contribution in [2.75, 3.05) is 17.6 Å². The molecule has 0 aromatic carbocycles. The number of hydrogen-bond donors (Lipinski definition) is 0. The SMILES string of the molecule is O=C([O-])CCl.O=C([O-])CCl.O=C([O-])CCl.[Bi+3]. The zero-order valence-electron chi connectivity index (χ0n) is 7.65. The normalized spacial score (nSPS) is 6.94. The first-order valence-electron chi connectivity index (χ1n) is 3.09. The second-order valence-corrected chi connectivity index (χ2v) is 2.32. The number of carboxylic acids is 3. The maximum atomic E-state index is 9.12. The van der Waals surface area contributed by atoms with Crippen LogP contribution < -0.4 is 15.3 Å². The summed E-state index contributed by atoms with van der Waals surface area (Å²) < 4.78 is 0. The fourth-order valence-corrected chi connectivity index (χ4v) is 0. The van der Waals surface area contributed by atoms with E-state index in [9.17, 15) is 0 Å². The summed E-state index contributed by atoms with van der Waals surface area (Å²) in [5, 5.41) is 27.4. The Hall–Kier alpha value is 0.163. The molecule has 16 heavy (non-hydrogen) atoms. The van der Waals surface area contributed by atoms with Gasteiger partial charge in [0.05, 0.1) is 35.5 Å². The van der Waals surface area contributed by atoms with Gasteiger partial charge in [-0.05, 0) is 0 Å². The van der Waals surface area contributed by atoms with Crippen molar-refractivity contribution in [2.45, 2.75) is 0 Å². The van der Waals surface area contributed by atoms with E-state index < -0.39 is 35.5 Å². The zero-order chi connectivity index (χ0) is 12.9. The van der Waals surface area contributed by atoms with Gasteiger partial charge in [0.2, 0.25) is 0 Å². The molecule has 0 heterocycles. The Bertz CT molecular complexity index is 167. The van der Waals surface area contributed by atoms with E-state index in [1.54, 1.807) is 0 Å². The van der Waals surface area contributed by atoms with E-state index in [-0.39, 0.29) is 26.2 Å². The van der Waals surface area contributed by atoms with Gasteiger partial charge in [0.25, 0.3) is 0 Å². The summed E-state index contributed by atoms with van der Waals surface area (Å²) in [7, 11) is 0. The molecule has 0 spiro atoms. The Balaban J connectivity index is -0.0000000655. The molecule has 0 saturated heterocycles. The van der Waals surface area contributed by atoms with E-state index in [2.05, 4.69) is 34.8 Å². The van der Waals surface area contributed by atoms with E-state index in [0.29, 0.717) is 0 Å². The maximum Gasteiger partial charge on any atom is 3.00 e. The Morgan fingerprint density at radius 2 is 0.750 bits per heavy atom. The van der Waals surface area contributed by atoms with Crippen LogP contribution in [0, 0.1) is 0 Å². The molecule has 0 aliphatic rings. The van der Waals surface area contributed by atoms with Crippen LogP contribution in [0.15, 0.2) is 0 Å². The number of hydrogen-bond acceptors (Lipinski definition) is 6. The summed E-state index contributed by atoms with van der Waals surface area (Å²) in [6.45, 7) is 0. The van der Waals surface area contributed by atoms with Crippen molar-refractivity contribution in [3.8, 4) is 0 Å². The summed E-state index contributed by atoms with van der Waals surface area (Å²) >= 11 is 14.0. The molecule has 0 unspecified atom stereocenters. The Kier molecular flexibility index (Phi) is 32.3. The molecule has 0 amide bonds. The quantitative estimate of drug-likeness (QED) is 0.300. The molecule has 2 radical (unpaired) electrons. The number of alkyl halides is 3. The first-order chi connectivity index (χ1) is 6.81. The fraction of sp³-hybridized carbons (Fsp3) is 0.500. The third kappa shape index (κ3) is 64.6. The number of rotatable bonds is 3. The minimum Gasteiger partial charge on any atom is -0.549 e. The first kappa shape index (κ1) is 25.1. The van der Waals surface area contributed by atoms with Crippen molar-refractivity contribution in [3.63, 3.8) is 0 Å². The largest absolute Gasteiger partial charge is 3.00 e. The standard InChI is InChI=1S/3C2H3ClO2.Bi/c3*3-1-2(4)5;/h3*1H2,(H,4,5);/q;;;+3/p-3. The average molecular weight is 489 g/mol. The molecular formula is C6H6BiCl3O6. The van der Waals surface area contributed by atoms with Gasteiger partial charge in [0, 0.05) is 0 Å². The van der Waals surface area contributed by atoms with Crippen LogP contribution in [0.5, 0.6) is 0 Å². The second kappa shape index (κ2) is 20.6. The summed E-state index contributed by atoms with van der Waals surface area (Å²) in [6, 6.07) is 0. The molecule has 92 valence electrons. The molecule has 0 aromatic rings. The summed E-state index contributed by atoms with van der Waals surface area (Å²) in [4.78, 5) is 27.4. The second-order valence-electron chi connectivity index (χ2n) is 1.52. The molecule has 10 heteroatoms. The Morgan fingerprint density at radius 1 is 0.688 bits per heavy atom. The number of carboxylic acid groups (broad SMARTS) is 3. The molecule has 0 atom stereocenters. The van der Waals surface area contributed by atoms with Gasteiger partial charge in [-0.15, -0.1) is 34.8 Å². The van der Waals surface area contributed by atoms with E-state index in [1.807, 2.05) is 0 Å². The molecule has 0 fully saturated rings. The van der Waals surface area contributed by atoms with Crippen LogP contribution >= 0.6 is 34.8 Å². The van der Waals surface area contributed by atoms with Crippen LogP contribution in [0.4, 0.5) is 0 Å². The van der Waals surface area contributed by atoms with E-state index >= 15 is 0 Å². The molecule has 0 saturated carbocycles. The van der Waals surface area contributed by atoms with Crippen LogP contribution in [0.2, 0.25) is 0 Å². The van der Waals surface area contributed by atoms with Gasteiger partial charge in [-0.25, -0.2) is 0 Å². The van der Waals surface area contributed by atoms with Crippen molar-refractivity contribution in [1.29, 1.82) is 0 Å². The summed E-state index contributed by atoms with van der Waals surface area (Å²) in [5.41, 5.74) is 0.